The highest BCUT2D eigenvalue weighted by Gasteiger charge is 2.31. The van der Waals surface area contributed by atoms with Crippen LogP contribution in [0.3, 0.4) is 0 Å². The van der Waals surface area contributed by atoms with E-state index in [1.807, 2.05) is 0 Å². The summed E-state index contributed by atoms with van der Waals surface area (Å²) < 4.78 is 14.1. The molecule has 0 atom stereocenters. The minimum Gasteiger partial charge on any atom is -0.456 e. The van der Waals surface area contributed by atoms with Gasteiger partial charge < -0.3 is 18.6 Å². The summed E-state index contributed by atoms with van der Waals surface area (Å²) in [6.45, 7) is 0. The van der Waals surface area contributed by atoms with Gasteiger partial charge in [0, 0.05) is 50.7 Å². The summed E-state index contributed by atoms with van der Waals surface area (Å²) in [5.41, 5.74) is 13.3. The van der Waals surface area contributed by atoms with Crippen molar-refractivity contribution in [2.45, 2.75) is 76.3 Å². The summed E-state index contributed by atoms with van der Waals surface area (Å²) in [6.07, 6.45) is 12.2. The van der Waals surface area contributed by atoms with E-state index in [4.69, 9.17) is 8.83 Å². The van der Waals surface area contributed by atoms with Crippen molar-refractivity contribution in [3.05, 3.63) is 170 Å². The maximum absolute atomic E-state index is 7.35. The van der Waals surface area contributed by atoms with Gasteiger partial charge in [0.1, 0.15) is 16.7 Å². The van der Waals surface area contributed by atoms with E-state index in [9.17, 15) is 0 Å². The molecule has 0 bridgehead atoms. The average Bonchev–Trinajstić information content (AvgIpc) is 3.90. The van der Waals surface area contributed by atoms with Crippen molar-refractivity contribution in [2.24, 2.45) is 0 Å². The summed E-state index contributed by atoms with van der Waals surface area (Å²) in [5, 5.41) is 6.89. The zero-order valence-corrected chi connectivity index (χ0v) is 35.1. The second kappa shape index (κ2) is 15.6. The van der Waals surface area contributed by atoms with E-state index < -0.39 is 0 Å². The van der Waals surface area contributed by atoms with E-state index in [0.717, 1.165) is 62.4 Å². The van der Waals surface area contributed by atoms with Crippen LogP contribution in [0.4, 0.5) is 22.7 Å². The molecule has 0 saturated heterocycles. The highest BCUT2D eigenvalue weighted by Crippen LogP contribution is 2.50. The molecule has 0 spiro atoms. The number of furan rings is 2. The van der Waals surface area contributed by atoms with Gasteiger partial charge in [-0.3, -0.25) is 0 Å². The molecule has 0 unspecified atom stereocenters. The molecule has 2 saturated carbocycles. The number of hydrogen-bond donors (Lipinski definition) is 0. The van der Waals surface area contributed by atoms with Crippen molar-refractivity contribution in [3.63, 3.8) is 0 Å². The van der Waals surface area contributed by atoms with Crippen LogP contribution in [0.1, 0.15) is 64.2 Å². The fourth-order valence-electron chi connectivity index (χ4n) is 10.9. The van der Waals surface area contributed by atoms with Crippen LogP contribution in [0.2, 0.25) is 0 Å². The number of anilines is 4. The standard InChI is InChI=1S/C58H50N2O2/c1-5-16-39(17-6-1)41-28-32-46(33-29-41)59(44-21-9-3-10-22-44)52-26-15-20-43-36-50-51-38-55-56(48-25-13-14-27-53(48)61-55)57(58(51)62-54(50)37-49(43)52)60(45-23-11-4-12-24-45)47-34-30-42(31-35-47)40-18-7-2-8-19-40/h1-2,5-8,13-20,25-38,44-45H,3-4,9-12,21-24H2. The van der Waals surface area contributed by atoms with E-state index in [-0.39, 0.29) is 0 Å². The Labute approximate surface area is 363 Å². The van der Waals surface area contributed by atoms with Crippen LogP contribution in [-0.4, -0.2) is 12.1 Å². The van der Waals surface area contributed by atoms with Gasteiger partial charge in [-0.05, 0) is 108 Å². The highest BCUT2D eigenvalue weighted by molar-refractivity contribution is 6.25. The smallest absolute Gasteiger partial charge is 0.159 e. The molecule has 10 aromatic rings. The van der Waals surface area contributed by atoms with Gasteiger partial charge in [0.15, 0.2) is 5.58 Å². The largest absolute Gasteiger partial charge is 0.456 e. The van der Waals surface area contributed by atoms with Gasteiger partial charge in [0.2, 0.25) is 0 Å². The quantitative estimate of drug-likeness (QED) is 0.153. The maximum atomic E-state index is 7.35. The zero-order valence-electron chi connectivity index (χ0n) is 35.1. The first-order valence-electron chi connectivity index (χ1n) is 22.9. The Kier molecular flexibility index (Phi) is 9.31. The van der Waals surface area contributed by atoms with Crippen LogP contribution in [0.5, 0.6) is 0 Å². The van der Waals surface area contributed by atoms with E-state index in [2.05, 4.69) is 180 Å². The Hall–Kier alpha value is -6.78. The minimum atomic E-state index is 0.324. The summed E-state index contributed by atoms with van der Waals surface area (Å²) >= 11 is 0. The summed E-state index contributed by atoms with van der Waals surface area (Å²) in [7, 11) is 0. The predicted octanol–water partition coefficient (Wildman–Crippen LogP) is 16.9. The number of para-hydroxylation sites is 1. The SMILES string of the molecule is c1ccc(-c2ccc(N(c3cccc4cc5c(cc34)oc3c(N(c4ccc(-c6ccccc6)cc4)C4CCCCC4)c4c(cc35)oc3ccccc34)C3CCCCC3)cc2)cc1. The molecular formula is C58H50N2O2. The fourth-order valence-corrected chi connectivity index (χ4v) is 10.9. The first-order chi connectivity index (χ1) is 30.7. The first-order valence-corrected chi connectivity index (χ1v) is 22.9. The first kappa shape index (κ1) is 37.0. The zero-order chi connectivity index (χ0) is 41.0. The third-order valence-electron chi connectivity index (χ3n) is 13.9. The molecule has 0 radical (unpaired) electrons. The number of fused-ring (bicyclic) bond motifs is 7. The van der Waals surface area contributed by atoms with Crippen molar-refractivity contribution < 1.29 is 8.83 Å². The molecule has 12 rings (SSSR count). The van der Waals surface area contributed by atoms with E-state index in [1.165, 1.54) is 101 Å². The predicted molar refractivity (Wildman–Crippen MR) is 260 cm³/mol. The molecule has 8 aromatic carbocycles. The van der Waals surface area contributed by atoms with Gasteiger partial charge >= 0.3 is 0 Å². The highest BCUT2D eigenvalue weighted by atomic mass is 16.3. The monoisotopic (exact) mass is 806 g/mol. The third-order valence-corrected chi connectivity index (χ3v) is 13.9. The minimum absolute atomic E-state index is 0.324. The van der Waals surface area contributed by atoms with Crippen LogP contribution < -0.4 is 9.80 Å². The van der Waals surface area contributed by atoms with Crippen LogP contribution in [0.15, 0.2) is 179 Å². The Morgan fingerprint density at radius 3 is 1.56 bits per heavy atom. The van der Waals surface area contributed by atoms with Gasteiger partial charge in [-0.15, -0.1) is 0 Å². The molecule has 2 aliphatic carbocycles. The lowest BCUT2D eigenvalue weighted by atomic mass is 9.92. The molecule has 62 heavy (non-hydrogen) atoms. The molecule has 4 nitrogen and oxygen atoms in total. The van der Waals surface area contributed by atoms with E-state index >= 15 is 0 Å². The van der Waals surface area contributed by atoms with Gasteiger partial charge in [-0.2, -0.15) is 0 Å². The van der Waals surface area contributed by atoms with E-state index in [0.29, 0.717) is 12.1 Å². The lowest BCUT2D eigenvalue weighted by Crippen LogP contribution is -2.33. The molecule has 2 aromatic heterocycles. The molecule has 304 valence electrons. The van der Waals surface area contributed by atoms with Gasteiger partial charge in [0.25, 0.3) is 0 Å². The third kappa shape index (κ3) is 6.43. The molecule has 0 N–H and O–H groups in total. The Morgan fingerprint density at radius 1 is 0.371 bits per heavy atom. The van der Waals surface area contributed by atoms with E-state index in [1.54, 1.807) is 0 Å². The molecular weight excluding hydrogens is 757 g/mol. The van der Waals surface area contributed by atoms with Crippen LogP contribution in [-0.2, 0) is 0 Å². The van der Waals surface area contributed by atoms with Crippen LogP contribution >= 0.6 is 0 Å². The van der Waals surface area contributed by atoms with Crippen LogP contribution in [0.25, 0.3) is 76.9 Å². The van der Waals surface area contributed by atoms with Crippen molar-refractivity contribution in [3.8, 4) is 22.3 Å². The molecule has 2 fully saturated rings. The average molecular weight is 807 g/mol. The molecule has 2 aliphatic rings. The topological polar surface area (TPSA) is 32.8 Å². The molecule has 2 heterocycles. The van der Waals surface area contributed by atoms with Gasteiger partial charge in [-0.1, -0.05) is 154 Å². The number of benzene rings is 8. The lowest BCUT2D eigenvalue weighted by Gasteiger charge is -2.37. The second-order valence-corrected chi connectivity index (χ2v) is 17.7. The molecule has 4 heteroatoms. The van der Waals surface area contributed by atoms with Crippen molar-refractivity contribution in [2.75, 3.05) is 9.80 Å². The Morgan fingerprint density at radius 2 is 0.919 bits per heavy atom. The number of nitrogens with zero attached hydrogens (tertiary/aromatic N) is 2. The maximum Gasteiger partial charge on any atom is 0.159 e. The fraction of sp³-hybridized carbons (Fsp3) is 0.207. The Bertz CT molecular complexity index is 3190. The Balaban J connectivity index is 1.07. The second-order valence-electron chi connectivity index (χ2n) is 17.7. The normalized spacial score (nSPS) is 15.3. The summed E-state index contributed by atoms with van der Waals surface area (Å²) in [4.78, 5) is 5.26. The molecule has 0 aliphatic heterocycles. The van der Waals surface area contributed by atoms with Crippen molar-refractivity contribution in [1.82, 2.24) is 0 Å². The van der Waals surface area contributed by atoms with Gasteiger partial charge in [0.05, 0.1) is 11.1 Å². The summed E-state index contributed by atoms with van der Waals surface area (Å²) in [6, 6.07) is 62.9. The molecule has 0 amide bonds. The number of rotatable bonds is 8. The lowest BCUT2D eigenvalue weighted by molar-refractivity contribution is 0.436. The summed E-state index contributed by atoms with van der Waals surface area (Å²) in [5.74, 6) is 0. The number of hydrogen-bond acceptors (Lipinski definition) is 4. The van der Waals surface area contributed by atoms with Crippen molar-refractivity contribution in [1.29, 1.82) is 0 Å². The van der Waals surface area contributed by atoms with Crippen LogP contribution in [0, 0.1) is 0 Å². The van der Waals surface area contributed by atoms with Gasteiger partial charge in [-0.25, -0.2) is 0 Å². The van der Waals surface area contributed by atoms with Crippen molar-refractivity contribution >= 4 is 77.4 Å².